The van der Waals surface area contributed by atoms with Crippen LogP contribution >= 0.6 is 0 Å². The van der Waals surface area contributed by atoms with Gasteiger partial charge in [0.05, 0.1) is 26.4 Å². The van der Waals surface area contributed by atoms with E-state index in [1.807, 2.05) is 0 Å². The fourth-order valence-corrected chi connectivity index (χ4v) is 1.51. The lowest BCUT2D eigenvalue weighted by atomic mass is 10.0. The summed E-state index contributed by atoms with van der Waals surface area (Å²) >= 11 is 0. The van der Waals surface area contributed by atoms with Crippen LogP contribution < -0.4 is 5.32 Å². The largest absolute Gasteiger partial charge is 0.464 e. The molecule has 0 saturated carbocycles. The monoisotopic (exact) mass is 229 g/mol. The van der Waals surface area contributed by atoms with Gasteiger partial charge in [0, 0.05) is 13.1 Å². The molecule has 5 nitrogen and oxygen atoms in total. The van der Waals surface area contributed by atoms with Gasteiger partial charge >= 0.3 is 5.97 Å². The minimum Gasteiger partial charge on any atom is -0.464 e. The van der Waals surface area contributed by atoms with Gasteiger partial charge in [0.1, 0.15) is 0 Å². The SMILES string of the molecule is C=CCOCC1(C(=O)OCC)CNCCO1. The zero-order chi connectivity index (χ0) is 11.9. The lowest BCUT2D eigenvalue weighted by Crippen LogP contribution is -2.58. The third kappa shape index (κ3) is 3.30. The van der Waals surface area contributed by atoms with Crippen LogP contribution in [0.4, 0.5) is 0 Å². The van der Waals surface area contributed by atoms with Crippen molar-refractivity contribution < 1.29 is 19.0 Å². The molecule has 0 aromatic rings. The molecular formula is C11H19NO4. The van der Waals surface area contributed by atoms with E-state index in [1.54, 1.807) is 13.0 Å². The van der Waals surface area contributed by atoms with E-state index in [4.69, 9.17) is 14.2 Å². The van der Waals surface area contributed by atoms with Crippen molar-refractivity contribution in [2.75, 3.05) is 39.5 Å². The quantitative estimate of drug-likeness (QED) is 0.398. The van der Waals surface area contributed by atoms with Gasteiger partial charge in [-0.25, -0.2) is 4.79 Å². The first-order valence-electron chi connectivity index (χ1n) is 5.45. The molecule has 1 rings (SSSR count). The number of hydrogen-bond acceptors (Lipinski definition) is 5. The number of hydrogen-bond donors (Lipinski definition) is 1. The van der Waals surface area contributed by atoms with Crippen LogP contribution in [-0.4, -0.2) is 51.1 Å². The Hall–Kier alpha value is -0.910. The van der Waals surface area contributed by atoms with Crippen molar-refractivity contribution in [3.8, 4) is 0 Å². The summed E-state index contributed by atoms with van der Waals surface area (Å²) in [7, 11) is 0. The smallest absolute Gasteiger partial charge is 0.342 e. The number of nitrogens with one attached hydrogen (secondary N) is 1. The van der Waals surface area contributed by atoms with Gasteiger partial charge in [0.25, 0.3) is 0 Å². The van der Waals surface area contributed by atoms with E-state index in [0.717, 1.165) is 6.54 Å². The normalized spacial score (nSPS) is 25.1. The van der Waals surface area contributed by atoms with Crippen LogP contribution in [-0.2, 0) is 19.0 Å². The van der Waals surface area contributed by atoms with E-state index >= 15 is 0 Å². The molecule has 1 N–H and O–H groups in total. The van der Waals surface area contributed by atoms with Crippen LogP contribution in [0.15, 0.2) is 12.7 Å². The van der Waals surface area contributed by atoms with Gasteiger partial charge in [-0.05, 0) is 6.92 Å². The summed E-state index contributed by atoms with van der Waals surface area (Å²) in [6, 6.07) is 0. The Morgan fingerprint density at radius 2 is 2.50 bits per heavy atom. The molecule has 1 unspecified atom stereocenters. The predicted octanol–water partition coefficient (Wildman–Crippen LogP) is 0.111. The molecule has 1 heterocycles. The first-order chi connectivity index (χ1) is 7.75. The standard InChI is InChI=1S/C11H19NO4/c1-3-6-14-9-11(10(13)15-4-2)8-12-5-7-16-11/h3,12H,1,4-9H2,2H3. The molecule has 1 aliphatic rings. The lowest BCUT2D eigenvalue weighted by molar-refractivity contribution is -0.184. The van der Waals surface area contributed by atoms with Crippen molar-refractivity contribution >= 4 is 5.97 Å². The average Bonchev–Trinajstić information content (AvgIpc) is 2.31. The summed E-state index contributed by atoms with van der Waals surface area (Å²) in [4.78, 5) is 11.8. The van der Waals surface area contributed by atoms with Crippen molar-refractivity contribution in [1.29, 1.82) is 0 Å². The van der Waals surface area contributed by atoms with Gasteiger partial charge < -0.3 is 19.5 Å². The highest BCUT2D eigenvalue weighted by atomic mass is 16.6. The number of esters is 1. The molecule has 0 radical (unpaired) electrons. The maximum Gasteiger partial charge on any atom is 0.342 e. The van der Waals surface area contributed by atoms with Crippen molar-refractivity contribution in [3.05, 3.63) is 12.7 Å². The number of ether oxygens (including phenoxy) is 3. The Kier molecular flexibility index (Phi) is 5.45. The molecule has 0 aliphatic carbocycles. The first-order valence-corrected chi connectivity index (χ1v) is 5.45. The summed E-state index contributed by atoms with van der Waals surface area (Å²) in [5.74, 6) is -0.369. The second-order valence-corrected chi connectivity index (χ2v) is 3.54. The third-order valence-electron chi connectivity index (χ3n) is 2.29. The van der Waals surface area contributed by atoms with Crippen LogP contribution in [0, 0.1) is 0 Å². The van der Waals surface area contributed by atoms with Gasteiger partial charge in [0.15, 0.2) is 0 Å². The molecule has 1 saturated heterocycles. The summed E-state index contributed by atoms with van der Waals surface area (Å²) in [6.07, 6.45) is 1.63. The van der Waals surface area contributed by atoms with E-state index in [0.29, 0.717) is 26.4 Å². The van der Waals surface area contributed by atoms with Crippen LogP contribution in [0.5, 0.6) is 0 Å². The molecule has 1 atom stereocenters. The second-order valence-electron chi connectivity index (χ2n) is 3.54. The maximum atomic E-state index is 11.8. The topological polar surface area (TPSA) is 56.8 Å². The second kappa shape index (κ2) is 6.62. The zero-order valence-electron chi connectivity index (χ0n) is 9.66. The highest BCUT2D eigenvalue weighted by molar-refractivity contribution is 5.80. The van der Waals surface area contributed by atoms with E-state index in [1.165, 1.54) is 0 Å². The minimum absolute atomic E-state index is 0.185. The van der Waals surface area contributed by atoms with Gasteiger partial charge in [-0.15, -0.1) is 6.58 Å². The predicted molar refractivity (Wildman–Crippen MR) is 59.2 cm³/mol. The number of rotatable bonds is 6. The molecule has 0 aromatic carbocycles. The van der Waals surface area contributed by atoms with Crippen LogP contribution in [0.1, 0.15) is 6.92 Å². The maximum absolute atomic E-state index is 11.8. The van der Waals surface area contributed by atoms with Crippen LogP contribution in [0.3, 0.4) is 0 Å². The molecule has 0 aromatic heterocycles. The Balaban J connectivity index is 2.58. The molecular weight excluding hydrogens is 210 g/mol. The van der Waals surface area contributed by atoms with Crippen molar-refractivity contribution in [3.63, 3.8) is 0 Å². The third-order valence-corrected chi connectivity index (χ3v) is 2.29. The molecule has 92 valence electrons. The summed E-state index contributed by atoms with van der Waals surface area (Å²) in [5, 5.41) is 3.11. The number of carbonyl (C=O) groups is 1. The number of morpholine rings is 1. The first kappa shape index (κ1) is 13.2. The Labute approximate surface area is 95.7 Å². The van der Waals surface area contributed by atoms with Gasteiger partial charge in [-0.3, -0.25) is 0 Å². The lowest BCUT2D eigenvalue weighted by Gasteiger charge is -2.34. The van der Waals surface area contributed by atoms with Crippen molar-refractivity contribution in [1.82, 2.24) is 5.32 Å². The Morgan fingerprint density at radius 3 is 3.06 bits per heavy atom. The summed E-state index contributed by atoms with van der Waals surface area (Å²) in [6.45, 7) is 7.88. The molecule has 0 spiro atoms. The van der Waals surface area contributed by atoms with Crippen molar-refractivity contribution in [2.24, 2.45) is 0 Å². The fraction of sp³-hybridized carbons (Fsp3) is 0.727. The molecule has 1 aliphatic heterocycles. The minimum atomic E-state index is -1.00. The number of carbonyl (C=O) groups excluding carboxylic acids is 1. The van der Waals surface area contributed by atoms with E-state index in [9.17, 15) is 4.79 Å². The van der Waals surface area contributed by atoms with Gasteiger partial charge in [-0.2, -0.15) is 0 Å². The molecule has 5 heteroatoms. The van der Waals surface area contributed by atoms with Crippen molar-refractivity contribution in [2.45, 2.75) is 12.5 Å². The van der Waals surface area contributed by atoms with E-state index < -0.39 is 5.60 Å². The highest BCUT2D eigenvalue weighted by Crippen LogP contribution is 2.16. The summed E-state index contributed by atoms with van der Waals surface area (Å²) in [5.41, 5.74) is -1.00. The van der Waals surface area contributed by atoms with Crippen LogP contribution in [0.25, 0.3) is 0 Å². The molecule has 16 heavy (non-hydrogen) atoms. The zero-order valence-corrected chi connectivity index (χ0v) is 9.66. The molecule has 0 amide bonds. The Morgan fingerprint density at radius 1 is 1.69 bits per heavy atom. The van der Waals surface area contributed by atoms with Gasteiger partial charge in [-0.1, -0.05) is 6.08 Å². The molecule has 0 bridgehead atoms. The highest BCUT2D eigenvalue weighted by Gasteiger charge is 2.43. The fourth-order valence-electron chi connectivity index (χ4n) is 1.51. The van der Waals surface area contributed by atoms with Crippen LogP contribution in [0.2, 0.25) is 0 Å². The van der Waals surface area contributed by atoms with Gasteiger partial charge in [0.2, 0.25) is 5.60 Å². The summed E-state index contributed by atoms with van der Waals surface area (Å²) < 4.78 is 15.8. The van der Waals surface area contributed by atoms with E-state index in [2.05, 4.69) is 11.9 Å². The molecule has 1 fully saturated rings. The average molecular weight is 229 g/mol. The van der Waals surface area contributed by atoms with E-state index in [-0.39, 0.29) is 12.6 Å². The Bertz CT molecular complexity index is 236.